The number of hydrogen-bond donors (Lipinski definition) is 0. The molecule has 2 aromatic rings. The van der Waals surface area contributed by atoms with Gasteiger partial charge in [-0.1, -0.05) is 27.7 Å². The Labute approximate surface area is 166 Å². The highest BCUT2D eigenvalue weighted by Gasteiger charge is 2.29. The highest BCUT2D eigenvalue weighted by molar-refractivity contribution is 5.93. The van der Waals surface area contributed by atoms with Gasteiger partial charge in [-0.15, -0.1) is 0 Å². The van der Waals surface area contributed by atoms with E-state index in [9.17, 15) is 4.79 Å². The number of oxazole rings is 1. The minimum atomic E-state index is -0.119. The largest absolute Gasteiger partial charge is 0.430 e. The van der Waals surface area contributed by atoms with Gasteiger partial charge >= 0.3 is 0 Å². The maximum absolute atomic E-state index is 13.2. The first-order valence-electron chi connectivity index (χ1n) is 9.96. The molecule has 0 spiro atoms. The van der Waals surface area contributed by atoms with Crippen molar-refractivity contribution in [1.29, 1.82) is 0 Å². The van der Waals surface area contributed by atoms with Gasteiger partial charge in [-0.2, -0.15) is 5.10 Å². The summed E-state index contributed by atoms with van der Waals surface area (Å²) in [6.07, 6.45) is 7.78. The molecule has 3 heterocycles. The number of aliphatic imine (C=N–C) groups is 1. The fourth-order valence-electron chi connectivity index (χ4n) is 3.44. The molecule has 150 valence electrons. The van der Waals surface area contributed by atoms with Gasteiger partial charge in [-0.3, -0.25) is 14.5 Å². The van der Waals surface area contributed by atoms with E-state index in [1.807, 2.05) is 31.3 Å². The zero-order valence-electron chi connectivity index (χ0n) is 17.4. The third-order valence-electron chi connectivity index (χ3n) is 4.95. The quantitative estimate of drug-likeness (QED) is 0.710. The van der Waals surface area contributed by atoms with E-state index in [2.05, 4.69) is 35.8 Å². The van der Waals surface area contributed by atoms with Crippen LogP contribution in [0.15, 0.2) is 33.1 Å². The van der Waals surface area contributed by atoms with Gasteiger partial charge in [0.2, 0.25) is 11.7 Å². The summed E-state index contributed by atoms with van der Waals surface area (Å²) in [6.45, 7) is 9.58. The summed E-state index contributed by atoms with van der Waals surface area (Å²) in [4.78, 5) is 24.2. The first-order valence-corrected chi connectivity index (χ1v) is 9.96. The summed E-state index contributed by atoms with van der Waals surface area (Å²) >= 11 is 0. The second kappa shape index (κ2) is 8.54. The van der Waals surface area contributed by atoms with Crippen LogP contribution in [-0.2, 0) is 13.5 Å². The van der Waals surface area contributed by atoms with Gasteiger partial charge < -0.3 is 9.32 Å². The Balaban J connectivity index is 1.88. The molecular weight excluding hydrogens is 354 g/mol. The normalized spacial score (nSPS) is 15.3. The minimum Gasteiger partial charge on any atom is -0.430 e. The van der Waals surface area contributed by atoms with Gasteiger partial charge in [0.15, 0.2) is 0 Å². The molecule has 7 heteroatoms. The van der Waals surface area contributed by atoms with Crippen molar-refractivity contribution in [3.63, 3.8) is 0 Å². The van der Waals surface area contributed by atoms with Gasteiger partial charge in [-0.25, -0.2) is 4.98 Å². The molecular formula is C21H29N5O2. The molecule has 0 aromatic carbocycles. The van der Waals surface area contributed by atoms with Crippen molar-refractivity contribution in [2.45, 2.75) is 47.0 Å². The van der Waals surface area contributed by atoms with E-state index in [0.717, 1.165) is 24.1 Å². The Bertz CT molecular complexity index is 904. The highest BCUT2D eigenvalue weighted by Crippen LogP contribution is 2.28. The molecule has 0 fully saturated rings. The molecule has 28 heavy (non-hydrogen) atoms. The third-order valence-corrected chi connectivity index (χ3v) is 4.95. The van der Waals surface area contributed by atoms with Crippen molar-refractivity contribution in [3.05, 3.63) is 35.1 Å². The van der Waals surface area contributed by atoms with Crippen LogP contribution >= 0.6 is 0 Å². The molecule has 1 aliphatic rings. The minimum absolute atomic E-state index is 0.119. The standard InChI is InChI=1S/C21H29N5O2/c1-6-9-22-18-13-26(10-8-16(18)14(3)4)21(27)19-17(7-2)24-20(28-19)15-11-23-25(5)12-15/h9,11-12,14H,6-8,10,13H2,1-5H3. The summed E-state index contributed by atoms with van der Waals surface area (Å²) < 4.78 is 7.59. The van der Waals surface area contributed by atoms with Gasteiger partial charge in [0.1, 0.15) is 0 Å². The molecule has 2 aromatic heterocycles. The summed E-state index contributed by atoms with van der Waals surface area (Å²) in [7, 11) is 1.84. The number of aryl methyl sites for hydroxylation is 2. The lowest BCUT2D eigenvalue weighted by Gasteiger charge is -2.30. The predicted molar refractivity (Wildman–Crippen MR) is 109 cm³/mol. The molecule has 0 atom stereocenters. The van der Waals surface area contributed by atoms with Crippen molar-refractivity contribution >= 4 is 12.1 Å². The fourth-order valence-corrected chi connectivity index (χ4v) is 3.44. The van der Waals surface area contributed by atoms with Crippen LogP contribution in [0.3, 0.4) is 0 Å². The zero-order valence-corrected chi connectivity index (χ0v) is 17.4. The summed E-state index contributed by atoms with van der Waals surface area (Å²) in [5.41, 5.74) is 3.78. The van der Waals surface area contributed by atoms with Crippen LogP contribution in [0.4, 0.5) is 0 Å². The summed E-state index contributed by atoms with van der Waals surface area (Å²) in [5.74, 6) is 1.07. The maximum atomic E-state index is 13.2. The summed E-state index contributed by atoms with van der Waals surface area (Å²) in [5, 5.41) is 4.16. The van der Waals surface area contributed by atoms with Crippen LogP contribution in [0.25, 0.3) is 11.5 Å². The fraction of sp³-hybridized carbons (Fsp3) is 0.524. The maximum Gasteiger partial charge on any atom is 0.291 e. The SMILES string of the molecule is CCC=NC1=C(C(C)C)CCN(C(=O)c2oc(-c3cnn(C)c3)nc2CC)C1. The van der Waals surface area contributed by atoms with E-state index in [4.69, 9.17) is 4.42 Å². The van der Waals surface area contributed by atoms with E-state index in [1.165, 1.54) is 5.57 Å². The van der Waals surface area contributed by atoms with E-state index < -0.39 is 0 Å². The molecule has 0 saturated carbocycles. The molecule has 1 amide bonds. The monoisotopic (exact) mass is 383 g/mol. The number of hydrogen-bond acceptors (Lipinski definition) is 5. The van der Waals surface area contributed by atoms with Crippen LogP contribution in [0.5, 0.6) is 0 Å². The van der Waals surface area contributed by atoms with Gasteiger partial charge in [0.25, 0.3) is 5.91 Å². The Morgan fingerprint density at radius 2 is 2.18 bits per heavy atom. The second-order valence-electron chi connectivity index (χ2n) is 7.37. The number of carbonyl (C=O) groups excluding carboxylic acids is 1. The molecule has 0 saturated heterocycles. The number of amides is 1. The van der Waals surface area contributed by atoms with Crippen LogP contribution < -0.4 is 0 Å². The van der Waals surface area contributed by atoms with Gasteiger partial charge in [0.05, 0.1) is 29.7 Å². The first-order chi connectivity index (χ1) is 13.4. The van der Waals surface area contributed by atoms with Crippen LogP contribution in [0.1, 0.15) is 56.8 Å². The average Bonchev–Trinajstić information content (AvgIpc) is 3.31. The molecule has 1 aliphatic heterocycles. The van der Waals surface area contributed by atoms with Crippen molar-refractivity contribution in [2.75, 3.05) is 13.1 Å². The first kappa shape index (κ1) is 20.0. The van der Waals surface area contributed by atoms with Gasteiger partial charge in [0, 0.05) is 26.0 Å². The van der Waals surface area contributed by atoms with Gasteiger partial charge in [-0.05, 0) is 30.8 Å². The number of aromatic nitrogens is 3. The third kappa shape index (κ3) is 4.08. The number of carbonyl (C=O) groups is 1. The molecule has 0 aliphatic carbocycles. The topological polar surface area (TPSA) is 76.5 Å². The molecule has 0 bridgehead atoms. The van der Waals surface area contributed by atoms with Crippen LogP contribution in [-0.4, -0.2) is 44.9 Å². The Kier molecular flexibility index (Phi) is 6.11. The lowest BCUT2D eigenvalue weighted by Crippen LogP contribution is -2.37. The second-order valence-corrected chi connectivity index (χ2v) is 7.37. The Hall–Kier alpha value is -2.70. The molecule has 3 rings (SSSR count). The zero-order chi connectivity index (χ0) is 20.3. The number of rotatable bonds is 6. The molecule has 0 radical (unpaired) electrons. The average molecular weight is 383 g/mol. The lowest BCUT2D eigenvalue weighted by atomic mass is 9.94. The van der Waals surface area contributed by atoms with Crippen molar-refractivity contribution in [1.82, 2.24) is 19.7 Å². The molecule has 7 nitrogen and oxygen atoms in total. The molecule has 0 unspecified atom stereocenters. The Morgan fingerprint density at radius 3 is 2.79 bits per heavy atom. The lowest BCUT2D eigenvalue weighted by molar-refractivity contribution is 0.0728. The van der Waals surface area contributed by atoms with Crippen molar-refractivity contribution < 1.29 is 9.21 Å². The summed E-state index contributed by atoms with van der Waals surface area (Å²) in [6, 6.07) is 0. The van der Waals surface area contributed by atoms with E-state index in [-0.39, 0.29) is 5.91 Å². The highest BCUT2D eigenvalue weighted by atomic mass is 16.4. The number of nitrogens with zero attached hydrogens (tertiary/aromatic N) is 5. The Morgan fingerprint density at radius 1 is 1.39 bits per heavy atom. The smallest absolute Gasteiger partial charge is 0.291 e. The van der Waals surface area contributed by atoms with E-state index in [0.29, 0.717) is 42.8 Å². The van der Waals surface area contributed by atoms with Crippen LogP contribution in [0, 0.1) is 5.92 Å². The van der Waals surface area contributed by atoms with Crippen molar-refractivity contribution in [3.8, 4) is 11.5 Å². The predicted octanol–water partition coefficient (Wildman–Crippen LogP) is 3.87. The van der Waals surface area contributed by atoms with E-state index >= 15 is 0 Å². The van der Waals surface area contributed by atoms with Crippen molar-refractivity contribution in [2.24, 2.45) is 18.0 Å². The van der Waals surface area contributed by atoms with E-state index in [1.54, 1.807) is 10.9 Å². The van der Waals surface area contributed by atoms with Crippen LogP contribution in [0.2, 0.25) is 0 Å². The molecule has 0 N–H and O–H groups in total.